The van der Waals surface area contributed by atoms with E-state index in [9.17, 15) is 0 Å². The number of nitrogens with zero attached hydrogens (tertiary/aromatic N) is 1. The highest BCUT2D eigenvalue weighted by Crippen LogP contribution is 2.34. The van der Waals surface area contributed by atoms with Gasteiger partial charge < -0.3 is 0 Å². The van der Waals surface area contributed by atoms with Gasteiger partial charge >= 0.3 is 0 Å². The highest BCUT2D eigenvalue weighted by Gasteiger charge is 2.19. The molecular weight excluding hydrogens is 438 g/mol. The van der Waals surface area contributed by atoms with E-state index in [4.69, 9.17) is 4.98 Å². The van der Waals surface area contributed by atoms with Crippen molar-refractivity contribution >= 4 is 27.3 Å². The maximum absolute atomic E-state index is 5.06. The van der Waals surface area contributed by atoms with Gasteiger partial charge in [-0.15, -0.1) is 11.3 Å². The quantitative estimate of drug-likeness (QED) is 0.283. The van der Waals surface area contributed by atoms with Gasteiger partial charge in [-0.05, 0) is 56.0 Å². The molecule has 0 spiro atoms. The molecule has 0 aliphatic heterocycles. The Kier molecular flexibility index (Phi) is 6.27. The number of benzene rings is 3. The van der Waals surface area contributed by atoms with E-state index in [2.05, 4.69) is 108 Å². The SMILES string of the molecule is Cc1ccc(C(CCc2cccc(Br)c2)c2nc(-c3cccc(C)c3)cs2)cc1. The van der Waals surface area contributed by atoms with E-state index in [1.807, 2.05) is 0 Å². The topological polar surface area (TPSA) is 12.9 Å². The lowest BCUT2D eigenvalue weighted by Crippen LogP contribution is -2.03. The number of hydrogen-bond donors (Lipinski definition) is 0. The molecule has 0 N–H and O–H groups in total. The van der Waals surface area contributed by atoms with E-state index in [1.165, 1.54) is 32.8 Å². The Hall–Kier alpha value is -2.23. The zero-order chi connectivity index (χ0) is 20.2. The second-order valence-electron chi connectivity index (χ2n) is 7.57. The smallest absolute Gasteiger partial charge is 0.101 e. The maximum atomic E-state index is 5.06. The van der Waals surface area contributed by atoms with Crippen molar-refractivity contribution < 1.29 is 0 Å². The molecule has 4 rings (SSSR count). The molecule has 0 amide bonds. The molecule has 0 radical (unpaired) electrons. The van der Waals surface area contributed by atoms with Crippen molar-refractivity contribution in [3.05, 3.63) is 110 Å². The van der Waals surface area contributed by atoms with E-state index in [-0.39, 0.29) is 0 Å². The first-order valence-corrected chi connectivity index (χ1v) is 11.6. The number of thiazole rings is 1. The van der Waals surface area contributed by atoms with Gasteiger partial charge in [0.05, 0.1) is 5.69 Å². The molecule has 3 heteroatoms. The predicted octanol–water partition coefficient (Wildman–Crippen LogP) is 7.95. The molecule has 0 fully saturated rings. The zero-order valence-corrected chi connectivity index (χ0v) is 19.1. The number of hydrogen-bond acceptors (Lipinski definition) is 2. The Bertz CT molecular complexity index is 1100. The summed E-state index contributed by atoms with van der Waals surface area (Å²) >= 11 is 5.37. The van der Waals surface area contributed by atoms with Crippen molar-refractivity contribution in [2.24, 2.45) is 0 Å². The van der Waals surface area contributed by atoms with E-state index in [0.717, 1.165) is 23.0 Å². The van der Waals surface area contributed by atoms with Crippen LogP contribution in [-0.4, -0.2) is 4.98 Å². The summed E-state index contributed by atoms with van der Waals surface area (Å²) in [6, 6.07) is 26.1. The molecule has 1 nitrogen and oxygen atoms in total. The van der Waals surface area contributed by atoms with Gasteiger partial charge in [0.15, 0.2) is 0 Å². The van der Waals surface area contributed by atoms with Gasteiger partial charge in [-0.3, -0.25) is 0 Å². The summed E-state index contributed by atoms with van der Waals surface area (Å²) in [7, 11) is 0. The minimum Gasteiger partial charge on any atom is -0.241 e. The third-order valence-corrected chi connectivity index (χ3v) is 6.68. The van der Waals surface area contributed by atoms with Crippen molar-refractivity contribution in [1.29, 1.82) is 0 Å². The van der Waals surface area contributed by atoms with Crippen molar-refractivity contribution in [3.63, 3.8) is 0 Å². The monoisotopic (exact) mass is 461 g/mol. The summed E-state index contributed by atoms with van der Waals surface area (Å²) in [6.07, 6.45) is 2.07. The first-order valence-electron chi connectivity index (χ1n) is 9.92. The standard InChI is InChI=1S/C26H24BrNS/c1-18-9-12-21(13-10-18)24(14-11-20-6-4-8-23(27)16-20)26-28-25(17-29-26)22-7-3-5-19(2)15-22/h3-10,12-13,15-17,24H,11,14H2,1-2H3. The molecule has 1 heterocycles. The van der Waals surface area contributed by atoms with Crippen LogP contribution >= 0.6 is 27.3 Å². The molecular formula is C26H24BrNS. The van der Waals surface area contributed by atoms with Crippen LogP contribution in [0.4, 0.5) is 0 Å². The van der Waals surface area contributed by atoms with Crippen molar-refractivity contribution in [3.8, 4) is 11.3 Å². The molecule has 29 heavy (non-hydrogen) atoms. The van der Waals surface area contributed by atoms with Crippen LogP contribution in [0.1, 0.15) is 39.6 Å². The summed E-state index contributed by atoms with van der Waals surface area (Å²) in [6.45, 7) is 4.27. The molecule has 0 aliphatic rings. The minimum absolute atomic E-state index is 0.304. The van der Waals surface area contributed by atoms with Crippen LogP contribution in [0, 0.1) is 13.8 Å². The third kappa shape index (κ3) is 5.04. The third-order valence-electron chi connectivity index (χ3n) is 5.22. The van der Waals surface area contributed by atoms with Crippen LogP contribution in [0.3, 0.4) is 0 Å². The van der Waals surface area contributed by atoms with Crippen LogP contribution in [0.5, 0.6) is 0 Å². The fraction of sp³-hybridized carbons (Fsp3) is 0.192. The van der Waals surface area contributed by atoms with Gasteiger partial charge in [0.1, 0.15) is 5.01 Å². The van der Waals surface area contributed by atoms with Gasteiger partial charge in [-0.2, -0.15) is 0 Å². The van der Waals surface area contributed by atoms with E-state index < -0.39 is 0 Å². The lowest BCUT2D eigenvalue weighted by Gasteiger charge is -2.16. The molecule has 1 atom stereocenters. The second-order valence-corrected chi connectivity index (χ2v) is 9.38. The van der Waals surface area contributed by atoms with Gasteiger partial charge in [0.2, 0.25) is 0 Å². The van der Waals surface area contributed by atoms with Gasteiger partial charge in [-0.25, -0.2) is 4.98 Å². The molecule has 0 bridgehead atoms. The summed E-state index contributed by atoms with van der Waals surface area (Å²) in [5.74, 6) is 0.304. The second kappa shape index (κ2) is 9.06. The summed E-state index contributed by atoms with van der Waals surface area (Å²) in [5, 5.41) is 3.39. The first-order chi connectivity index (χ1) is 14.1. The molecule has 146 valence electrons. The van der Waals surface area contributed by atoms with Crippen LogP contribution in [0.25, 0.3) is 11.3 Å². The molecule has 1 unspecified atom stereocenters. The number of aryl methyl sites for hydroxylation is 3. The predicted molar refractivity (Wildman–Crippen MR) is 128 cm³/mol. The Labute approximate surface area is 185 Å². The largest absolute Gasteiger partial charge is 0.241 e. The van der Waals surface area contributed by atoms with E-state index in [1.54, 1.807) is 11.3 Å². The Balaban J connectivity index is 1.64. The summed E-state index contributed by atoms with van der Waals surface area (Å²) < 4.78 is 1.14. The minimum atomic E-state index is 0.304. The fourth-order valence-electron chi connectivity index (χ4n) is 3.62. The zero-order valence-electron chi connectivity index (χ0n) is 16.7. The van der Waals surface area contributed by atoms with Crippen LogP contribution < -0.4 is 0 Å². The lowest BCUT2D eigenvalue weighted by molar-refractivity contribution is 0.710. The van der Waals surface area contributed by atoms with Crippen LogP contribution in [0.15, 0.2) is 82.6 Å². The Morgan fingerprint density at radius 1 is 0.897 bits per heavy atom. The van der Waals surface area contributed by atoms with Crippen LogP contribution in [-0.2, 0) is 6.42 Å². The lowest BCUT2D eigenvalue weighted by atomic mass is 9.92. The first kappa shape index (κ1) is 20.1. The average molecular weight is 462 g/mol. The Morgan fingerprint density at radius 2 is 1.69 bits per heavy atom. The van der Waals surface area contributed by atoms with Gasteiger partial charge in [0, 0.05) is 21.3 Å². The number of halogens is 1. The average Bonchev–Trinajstić information content (AvgIpc) is 3.19. The van der Waals surface area contributed by atoms with E-state index >= 15 is 0 Å². The molecule has 0 saturated heterocycles. The van der Waals surface area contributed by atoms with Crippen molar-refractivity contribution in [2.45, 2.75) is 32.6 Å². The van der Waals surface area contributed by atoms with Crippen molar-refractivity contribution in [2.75, 3.05) is 0 Å². The molecule has 4 aromatic rings. The highest BCUT2D eigenvalue weighted by molar-refractivity contribution is 9.10. The maximum Gasteiger partial charge on any atom is 0.101 e. The number of aromatic nitrogens is 1. The highest BCUT2D eigenvalue weighted by atomic mass is 79.9. The fourth-order valence-corrected chi connectivity index (χ4v) is 5.06. The summed E-state index contributed by atoms with van der Waals surface area (Å²) in [4.78, 5) is 5.06. The van der Waals surface area contributed by atoms with Crippen molar-refractivity contribution in [1.82, 2.24) is 4.98 Å². The normalized spacial score (nSPS) is 12.1. The van der Waals surface area contributed by atoms with Gasteiger partial charge in [0.25, 0.3) is 0 Å². The Morgan fingerprint density at radius 3 is 2.45 bits per heavy atom. The molecule has 0 saturated carbocycles. The molecule has 3 aromatic carbocycles. The molecule has 0 aliphatic carbocycles. The number of rotatable bonds is 6. The van der Waals surface area contributed by atoms with Crippen LogP contribution in [0.2, 0.25) is 0 Å². The van der Waals surface area contributed by atoms with Gasteiger partial charge in [-0.1, -0.05) is 81.7 Å². The van der Waals surface area contributed by atoms with E-state index in [0.29, 0.717) is 5.92 Å². The summed E-state index contributed by atoms with van der Waals surface area (Å²) in [5.41, 5.74) is 7.53. The molecule has 1 aromatic heterocycles.